The molecular formula is C14H16N2. The van der Waals surface area contributed by atoms with Gasteiger partial charge in [-0.2, -0.15) is 0 Å². The summed E-state index contributed by atoms with van der Waals surface area (Å²) < 4.78 is 0. The SMILES string of the molecule is C#CCCNCCc1c[nH]c2ccccc12. The van der Waals surface area contributed by atoms with E-state index < -0.39 is 0 Å². The Hall–Kier alpha value is -1.72. The molecule has 0 aliphatic heterocycles. The predicted molar refractivity (Wildman–Crippen MR) is 68.3 cm³/mol. The number of para-hydroxylation sites is 1. The van der Waals surface area contributed by atoms with Crippen LogP contribution in [-0.4, -0.2) is 18.1 Å². The topological polar surface area (TPSA) is 27.8 Å². The molecule has 0 unspecified atom stereocenters. The molecule has 2 heteroatoms. The normalized spacial score (nSPS) is 10.4. The number of terminal acetylenes is 1. The second kappa shape index (κ2) is 5.39. The summed E-state index contributed by atoms with van der Waals surface area (Å²) in [6.45, 7) is 1.88. The number of aromatic amines is 1. The number of rotatable bonds is 5. The Labute approximate surface area is 96.1 Å². The molecule has 2 N–H and O–H groups in total. The van der Waals surface area contributed by atoms with Gasteiger partial charge in [0.05, 0.1) is 0 Å². The van der Waals surface area contributed by atoms with E-state index in [1.165, 1.54) is 16.5 Å². The molecule has 0 radical (unpaired) electrons. The van der Waals surface area contributed by atoms with Gasteiger partial charge in [-0.3, -0.25) is 0 Å². The number of benzene rings is 1. The highest BCUT2D eigenvalue weighted by atomic mass is 14.8. The van der Waals surface area contributed by atoms with Crippen molar-refractivity contribution in [2.24, 2.45) is 0 Å². The summed E-state index contributed by atoms with van der Waals surface area (Å²) >= 11 is 0. The van der Waals surface area contributed by atoms with Crippen LogP contribution in [0.2, 0.25) is 0 Å². The molecule has 16 heavy (non-hydrogen) atoms. The zero-order valence-electron chi connectivity index (χ0n) is 9.29. The maximum atomic E-state index is 5.18. The summed E-state index contributed by atoms with van der Waals surface area (Å²) in [7, 11) is 0. The van der Waals surface area contributed by atoms with Crippen molar-refractivity contribution in [3.63, 3.8) is 0 Å². The zero-order chi connectivity index (χ0) is 11.2. The first-order chi connectivity index (χ1) is 7.92. The lowest BCUT2D eigenvalue weighted by molar-refractivity contribution is 0.696. The minimum Gasteiger partial charge on any atom is -0.361 e. The molecule has 0 atom stereocenters. The molecule has 2 rings (SSSR count). The average Bonchev–Trinajstić information content (AvgIpc) is 2.73. The highest BCUT2D eigenvalue weighted by molar-refractivity contribution is 5.83. The molecule has 2 aromatic rings. The first kappa shape index (κ1) is 10.8. The van der Waals surface area contributed by atoms with Crippen LogP contribution in [0, 0.1) is 12.3 Å². The number of nitrogens with one attached hydrogen (secondary N) is 2. The molecule has 0 saturated heterocycles. The monoisotopic (exact) mass is 212 g/mol. The quantitative estimate of drug-likeness (QED) is 0.578. The minimum atomic E-state index is 0.799. The lowest BCUT2D eigenvalue weighted by atomic mass is 10.1. The second-order valence-electron chi connectivity index (χ2n) is 3.81. The van der Waals surface area contributed by atoms with Crippen LogP contribution in [0.4, 0.5) is 0 Å². The van der Waals surface area contributed by atoms with Crippen molar-refractivity contribution in [2.75, 3.05) is 13.1 Å². The molecule has 2 nitrogen and oxygen atoms in total. The standard InChI is InChI=1S/C14H16N2/c1-2-3-9-15-10-8-12-11-16-14-7-5-4-6-13(12)14/h1,4-7,11,15-16H,3,8-10H2. The number of hydrogen-bond acceptors (Lipinski definition) is 1. The molecule has 0 spiro atoms. The van der Waals surface area contributed by atoms with E-state index in [-0.39, 0.29) is 0 Å². The van der Waals surface area contributed by atoms with E-state index in [1.54, 1.807) is 0 Å². The minimum absolute atomic E-state index is 0.799. The third-order valence-electron chi connectivity index (χ3n) is 2.69. The first-order valence-corrected chi connectivity index (χ1v) is 5.61. The van der Waals surface area contributed by atoms with Crippen LogP contribution in [0.25, 0.3) is 10.9 Å². The molecule has 1 aromatic heterocycles. The van der Waals surface area contributed by atoms with E-state index in [0.29, 0.717) is 0 Å². The van der Waals surface area contributed by atoms with Crippen molar-refractivity contribution in [1.82, 2.24) is 10.3 Å². The van der Waals surface area contributed by atoms with E-state index in [0.717, 1.165) is 25.9 Å². The summed E-state index contributed by atoms with van der Waals surface area (Å²) in [5, 5.41) is 4.65. The maximum Gasteiger partial charge on any atom is 0.0456 e. The Morgan fingerprint density at radius 1 is 1.25 bits per heavy atom. The van der Waals surface area contributed by atoms with Gasteiger partial charge < -0.3 is 10.3 Å². The Bertz CT molecular complexity index is 491. The Balaban J connectivity index is 1.92. The van der Waals surface area contributed by atoms with E-state index in [2.05, 4.69) is 40.6 Å². The Morgan fingerprint density at radius 3 is 3.00 bits per heavy atom. The molecule has 0 amide bonds. The summed E-state index contributed by atoms with van der Waals surface area (Å²) in [5.41, 5.74) is 2.57. The van der Waals surface area contributed by atoms with Crippen LogP contribution in [0.5, 0.6) is 0 Å². The number of hydrogen-bond donors (Lipinski definition) is 2. The number of H-pyrrole nitrogens is 1. The van der Waals surface area contributed by atoms with Gasteiger partial charge in [0, 0.05) is 30.1 Å². The van der Waals surface area contributed by atoms with E-state index in [1.807, 2.05) is 6.07 Å². The smallest absolute Gasteiger partial charge is 0.0456 e. The highest BCUT2D eigenvalue weighted by Crippen LogP contribution is 2.17. The molecular weight excluding hydrogens is 196 g/mol. The van der Waals surface area contributed by atoms with Gasteiger partial charge in [0.25, 0.3) is 0 Å². The first-order valence-electron chi connectivity index (χ1n) is 5.61. The zero-order valence-corrected chi connectivity index (χ0v) is 9.29. The highest BCUT2D eigenvalue weighted by Gasteiger charge is 2.01. The van der Waals surface area contributed by atoms with E-state index >= 15 is 0 Å². The van der Waals surface area contributed by atoms with Crippen molar-refractivity contribution in [3.05, 3.63) is 36.0 Å². The number of fused-ring (bicyclic) bond motifs is 1. The van der Waals surface area contributed by atoms with Crippen LogP contribution in [0.3, 0.4) is 0 Å². The Morgan fingerprint density at radius 2 is 2.12 bits per heavy atom. The van der Waals surface area contributed by atoms with Gasteiger partial charge >= 0.3 is 0 Å². The average molecular weight is 212 g/mol. The number of aromatic nitrogens is 1. The van der Waals surface area contributed by atoms with E-state index in [4.69, 9.17) is 6.42 Å². The van der Waals surface area contributed by atoms with Gasteiger partial charge in [-0.25, -0.2) is 0 Å². The van der Waals surface area contributed by atoms with Crippen LogP contribution < -0.4 is 5.32 Å². The maximum absolute atomic E-state index is 5.18. The van der Waals surface area contributed by atoms with Crippen molar-refractivity contribution in [2.45, 2.75) is 12.8 Å². The van der Waals surface area contributed by atoms with Gasteiger partial charge in [-0.15, -0.1) is 12.3 Å². The van der Waals surface area contributed by atoms with Crippen LogP contribution >= 0.6 is 0 Å². The van der Waals surface area contributed by atoms with Gasteiger partial charge in [0.15, 0.2) is 0 Å². The lowest BCUT2D eigenvalue weighted by Gasteiger charge is -2.01. The second-order valence-corrected chi connectivity index (χ2v) is 3.81. The van der Waals surface area contributed by atoms with Crippen molar-refractivity contribution in [1.29, 1.82) is 0 Å². The predicted octanol–water partition coefficient (Wildman–Crippen LogP) is 2.32. The van der Waals surface area contributed by atoms with Gasteiger partial charge in [-0.1, -0.05) is 18.2 Å². The third-order valence-corrected chi connectivity index (χ3v) is 2.69. The summed E-state index contributed by atoms with van der Waals surface area (Å²) in [5.74, 6) is 2.62. The molecule has 82 valence electrons. The summed E-state index contributed by atoms with van der Waals surface area (Å²) in [6, 6.07) is 8.38. The van der Waals surface area contributed by atoms with Crippen molar-refractivity contribution < 1.29 is 0 Å². The van der Waals surface area contributed by atoms with Gasteiger partial charge in [-0.05, 0) is 24.6 Å². The molecule has 0 aliphatic carbocycles. The van der Waals surface area contributed by atoms with Gasteiger partial charge in [0.2, 0.25) is 0 Å². The molecule has 1 heterocycles. The molecule has 0 aliphatic rings. The molecule has 0 bridgehead atoms. The van der Waals surface area contributed by atoms with Crippen LogP contribution in [-0.2, 0) is 6.42 Å². The molecule has 0 fully saturated rings. The largest absolute Gasteiger partial charge is 0.361 e. The van der Waals surface area contributed by atoms with Crippen LogP contribution in [0.15, 0.2) is 30.5 Å². The van der Waals surface area contributed by atoms with Gasteiger partial charge in [0.1, 0.15) is 0 Å². The molecule has 1 aromatic carbocycles. The third kappa shape index (κ3) is 2.44. The van der Waals surface area contributed by atoms with Crippen molar-refractivity contribution in [3.8, 4) is 12.3 Å². The fraction of sp³-hybridized carbons (Fsp3) is 0.286. The lowest BCUT2D eigenvalue weighted by Crippen LogP contribution is -2.17. The summed E-state index contributed by atoms with van der Waals surface area (Å²) in [4.78, 5) is 3.28. The fourth-order valence-electron chi connectivity index (χ4n) is 1.85. The molecule has 0 saturated carbocycles. The fourth-order valence-corrected chi connectivity index (χ4v) is 1.85. The van der Waals surface area contributed by atoms with Crippen LogP contribution in [0.1, 0.15) is 12.0 Å². The van der Waals surface area contributed by atoms with E-state index in [9.17, 15) is 0 Å². The Kier molecular flexibility index (Phi) is 3.63. The van der Waals surface area contributed by atoms with Crippen molar-refractivity contribution >= 4 is 10.9 Å². The summed E-state index contributed by atoms with van der Waals surface area (Å²) in [6.07, 6.45) is 9.11.